The fourth-order valence-corrected chi connectivity index (χ4v) is 3.19. The van der Waals surface area contributed by atoms with Crippen LogP contribution in [0, 0.1) is 0 Å². The number of benzene rings is 1. The van der Waals surface area contributed by atoms with Crippen LogP contribution in [0.4, 0.5) is 0 Å². The number of hydrogen-bond acceptors (Lipinski definition) is 3. The highest BCUT2D eigenvalue weighted by atomic mass is 16.5. The van der Waals surface area contributed by atoms with Gasteiger partial charge < -0.3 is 10.1 Å². The van der Waals surface area contributed by atoms with Gasteiger partial charge in [-0.3, -0.25) is 4.98 Å². The van der Waals surface area contributed by atoms with Gasteiger partial charge in [0.1, 0.15) is 5.75 Å². The first-order chi connectivity index (χ1) is 10.3. The molecule has 1 aromatic heterocycles. The summed E-state index contributed by atoms with van der Waals surface area (Å²) in [7, 11) is 0. The third kappa shape index (κ3) is 2.79. The van der Waals surface area contributed by atoms with E-state index in [-0.39, 0.29) is 0 Å². The molecule has 0 radical (unpaired) electrons. The van der Waals surface area contributed by atoms with Gasteiger partial charge in [-0.25, -0.2) is 0 Å². The first-order valence-corrected chi connectivity index (χ1v) is 7.76. The highest BCUT2D eigenvalue weighted by Gasteiger charge is 2.24. The molecule has 0 saturated carbocycles. The van der Waals surface area contributed by atoms with Crippen molar-refractivity contribution in [2.45, 2.75) is 32.7 Å². The average molecular weight is 282 g/mol. The van der Waals surface area contributed by atoms with Crippen LogP contribution < -0.4 is 10.1 Å². The number of fused-ring (bicyclic) bond motifs is 1. The van der Waals surface area contributed by atoms with Gasteiger partial charge in [0, 0.05) is 17.8 Å². The van der Waals surface area contributed by atoms with Gasteiger partial charge in [-0.2, -0.15) is 0 Å². The lowest BCUT2D eigenvalue weighted by Gasteiger charge is -2.14. The van der Waals surface area contributed by atoms with E-state index in [1.807, 2.05) is 13.1 Å². The van der Waals surface area contributed by atoms with E-state index in [0.29, 0.717) is 12.6 Å². The van der Waals surface area contributed by atoms with E-state index in [4.69, 9.17) is 4.74 Å². The topological polar surface area (TPSA) is 34.2 Å². The van der Waals surface area contributed by atoms with Crippen molar-refractivity contribution in [3.63, 3.8) is 0 Å². The zero-order valence-electron chi connectivity index (χ0n) is 12.7. The Morgan fingerprint density at radius 2 is 2.19 bits per heavy atom. The summed E-state index contributed by atoms with van der Waals surface area (Å²) in [5.41, 5.74) is 5.34. The van der Waals surface area contributed by atoms with E-state index < -0.39 is 0 Å². The van der Waals surface area contributed by atoms with E-state index in [1.165, 1.54) is 23.1 Å². The smallest absolute Gasteiger partial charge is 0.138 e. The summed E-state index contributed by atoms with van der Waals surface area (Å²) in [6.45, 7) is 5.83. The number of rotatable bonds is 5. The first kappa shape index (κ1) is 14.1. The molecule has 2 aromatic rings. The highest BCUT2D eigenvalue weighted by Crippen LogP contribution is 2.38. The highest BCUT2D eigenvalue weighted by molar-refractivity contribution is 5.70. The zero-order valence-corrected chi connectivity index (χ0v) is 12.7. The van der Waals surface area contributed by atoms with Crippen LogP contribution in [-0.4, -0.2) is 18.1 Å². The number of ether oxygens (including phenoxy) is 1. The van der Waals surface area contributed by atoms with Crippen molar-refractivity contribution >= 4 is 0 Å². The summed E-state index contributed by atoms with van der Waals surface area (Å²) in [6, 6.07) is 9.18. The number of aromatic nitrogens is 1. The second kappa shape index (κ2) is 6.27. The average Bonchev–Trinajstić information content (AvgIpc) is 2.92. The van der Waals surface area contributed by atoms with Crippen molar-refractivity contribution in [3.05, 3.63) is 47.8 Å². The van der Waals surface area contributed by atoms with Crippen molar-refractivity contribution in [3.8, 4) is 16.9 Å². The van der Waals surface area contributed by atoms with E-state index >= 15 is 0 Å². The second-order valence-corrected chi connectivity index (χ2v) is 5.36. The van der Waals surface area contributed by atoms with Crippen molar-refractivity contribution < 1.29 is 4.74 Å². The third-order valence-electron chi connectivity index (χ3n) is 4.06. The molecule has 1 atom stereocenters. The Balaban J connectivity index is 1.99. The monoisotopic (exact) mass is 282 g/mol. The fourth-order valence-electron chi connectivity index (χ4n) is 3.19. The molecule has 3 rings (SSSR count). The minimum absolute atomic E-state index is 0.494. The minimum atomic E-state index is 0.494. The van der Waals surface area contributed by atoms with Crippen LogP contribution >= 0.6 is 0 Å². The summed E-state index contributed by atoms with van der Waals surface area (Å²) in [5.74, 6) is 0.842. The summed E-state index contributed by atoms with van der Waals surface area (Å²) in [6.07, 6.45) is 6.01. The SMILES string of the molecule is CCNC1CCc2c(-c3cncc(OCC)c3)cccc21. The molecular formula is C18H22N2O. The molecule has 1 N–H and O–H groups in total. The van der Waals surface area contributed by atoms with Crippen LogP contribution in [0.1, 0.15) is 37.4 Å². The van der Waals surface area contributed by atoms with Gasteiger partial charge >= 0.3 is 0 Å². The lowest BCUT2D eigenvalue weighted by Crippen LogP contribution is -2.18. The molecule has 1 aliphatic rings. The lowest BCUT2D eigenvalue weighted by atomic mass is 9.97. The number of nitrogens with zero attached hydrogens (tertiary/aromatic N) is 1. The predicted octanol–water partition coefficient (Wildman–Crippen LogP) is 3.74. The summed E-state index contributed by atoms with van der Waals surface area (Å²) in [4.78, 5) is 4.32. The van der Waals surface area contributed by atoms with Crippen LogP contribution in [0.3, 0.4) is 0 Å². The Kier molecular flexibility index (Phi) is 4.20. The van der Waals surface area contributed by atoms with E-state index in [9.17, 15) is 0 Å². The molecule has 0 spiro atoms. The van der Waals surface area contributed by atoms with Gasteiger partial charge in [0.05, 0.1) is 12.8 Å². The maximum Gasteiger partial charge on any atom is 0.138 e. The minimum Gasteiger partial charge on any atom is -0.492 e. The second-order valence-electron chi connectivity index (χ2n) is 5.36. The number of nitrogens with one attached hydrogen (secondary N) is 1. The Morgan fingerprint density at radius 3 is 3.00 bits per heavy atom. The van der Waals surface area contributed by atoms with Gasteiger partial charge in [-0.15, -0.1) is 0 Å². The molecular weight excluding hydrogens is 260 g/mol. The number of pyridine rings is 1. The molecule has 110 valence electrons. The summed E-state index contributed by atoms with van der Waals surface area (Å²) < 4.78 is 5.57. The van der Waals surface area contributed by atoms with Gasteiger partial charge in [-0.1, -0.05) is 25.1 Å². The molecule has 1 unspecified atom stereocenters. The van der Waals surface area contributed by atoms with Crippen LogP contribution in [0.2, 0.25) is 0 Å². The van der Waals surface area contributed by atoms with Crippen LogP contribution in [-0.2, 0) is 6.42 Å². The molecule has 3 nitrogen and oxygen atoms in total. The molecule has 1 heterocycles. The Bertz CT molecular complexity index is 624. The lowest BCUT2D eigenvalue weighted by molar-refractivity contribution is 0.339. The third-order valence-corrected chi connectivity index (χ3v) is 4.06. The standard InChI is InChI=1S/C18H22N2O/c1-3-20-18-9-8-16-15(6-5-7-17(16)18)13-10-14(21-4-2)12-19-11-13/h5-7,10-12,18,20H,3-4,8-9H2,1-2H3. The summed E-state index contributed by atoms with van der Waals surface area (Å²) >= 11 is 0. The molecule has 0 fully saturated rings. The van der Waals surface area contributed by atoms with Gasteiger partial charge in [0.25, 0.3) is 0 Å². The Labute approximate surface area is 126 Å². The maximum absolute atomic E-state index is 5.57. The molecule has 0 bridgehead atoms. The van der Waals surface area contributed by atoms with Crippen molar-refractivity contribution in [2.24, 2.45) is 0 Å². The number of hydrogen-bond donors (Lipinski definition) is 1. The van der Waals surface area contributed by atoms with Crippen molar-refractivity contribution in [1.29, 1.82) is 0 Å². The maximum atomic E-state index is 5.57. The fraction of sp³-hybridized carbons (Fsp3) is 0.389. The van der Waals surface area contributed by atoms with E-state index in [2.05, 4.69) is 41.5 Å². The molecule has 3 heteroatoms. The predicted molar refractivity (Wildman–Crippen MR) is 85.6 cm³/mol. The normalized spacial score (nSPS) is 16.8. The zero-order chi connectivity index (χ0) is 14.7. The van der Waals surface area contributed by atoms with Crippen molar-refractivity contribution in [1.82, 2.24) is 10.3 Å². The van der Waals surface area contributed by atoms with E-state index in [0.717, 1.165) is 24.3 Å². The molecule has 1 aliphatic carbocycles. The molecule has 21 heavy (non-hydrogen) atoms. The molecule has 0 amide bonds. The van der Waals surface area contributed by atoms with Gasteiger partial charge in [0.2, 0.25) is 0 Å². The Morgan fingerprint density at radius 1 is 1.29 bits per heavy atom. The summed E-state index contributed by atoms with van der Waals surface area (Å²) in [5, 5.41) is 3.57. The van der Waals surface area contributed by atoms with Crippen LogP contribution in [0.5, 0.6) is 5.75 Å². The van der Waals surface area contributed by atoms with E-state index in [1.54, 1.807) is 6.20 Å². The molecule has 0 saturated heterocycles. The largest absolute Gasteiger partial charge is 0.492 e. The first-order valence-electron chi connectivity index (χ1n) is 7.76. The molecule has 1 aromatic carbocycles. The quantitative estimate of drug-likeness (QED) is 0.907. The van der Waals surface area contributed by atoms with Gasteiger partial charge in [0.15, 0.2) is 0 Å². The van der Waals surface area contributed by atoms with Gasteiger partial charge in [-0.05, 0) is 49.1 Å². The van der Waals surface area contributed by atoms with Crippen LogP contribution in [0.15, 0.2) is 36.7 Å². The Hall–Kier alpha value is -1.87. The van der Waals surface area contributed by atoms with Crippen LogP contribution in [0.25, 0.3) is 11.1 Å². The molecule has 0 aliphatic heterocycles. The van der Waals surface area contributed by atoms with Crippen molar-refractivity contribution in [2.75, 3.05) is 13.2 Å².